The molecular formula is C7H16O3Si. The van der Waals surface area contributed by atoms with Crippen molar-refractivity contribution in [2.24, 2.45) is 0 Å². The summed E-state index contributed by atoms with van der Waals surface area (Å²) >= 11 is 0. The van der Waals surface area contributed by atoms with Crippen molar-refractivity contribution in [1.29, 1.82) is 0 Å². The Balaban J connectivity index is 2.85. The zero-order valence-electron chi connectivity index (χ0n) is 7.26. The van der Waals surface area contributed by atoms with Gasteiger partial charge in [-0.2, -0.15) is 0 Å². The average molecular weight is 176 g/mol. The van der Waals surface area contributed by atoms with Crippen LogP contribution in [0.25, 0.3) is 0 Å². The number of hydrogen-bond donors (Lipinski definition) is 0. The van der Waals surface area contributed by atoms with Crippen molar-refractivity contribution in [3.63, 3.8) is 0 Å². The summed E-state index contributed by atoms with van der Waals surface area (Å²) in [4.78, 5) is 10.3. The smallest absolute Gasteiger partial charge is 0.369 e. The second kappa shape index (κ2) is 7.75. The summed E-state index contributed by atoms with van der Waals surface area (Å²) in [5.41, 5.74) is 0. The van der Waals surface area contributed by atoms with E-state index >= 15 is 0 Å². The van der Waals surface area contributed by atoms with Gasteiger partial charge in [0, 0.05) is 13.5 Å². The Bertz CT molecular complexity index is 106. The number of carbonyl (C=O) groups is 1. The van der Waals surface area contributed by atoms with Crippen LogP contribution in [0.4, 0.5) is 0 Å². The Hall–Kier alpha value is -0.353. The van der Waals surface area contributed by atoms with Crippen molar-refractivity contribution in [2.75, 3.05) is 6.61 Å². The number of rotatable bonds is 6. The quantitative estimate of drug-likeness (QED) is 0.442. The first-order chi connectivity index (χ1) is 5.27. The lowest BCUT2D eigenvalue weighted by atomic mass is 10.3. The van der Waals surface area contributed by atoms with Crippen LogP contribution >= 0.6 is 0 Å². The van der Waals surface area contributed by atoms with Gasteiger partial charge in [0.25, 0.3) is 5.97 Å². The first kappa shape index (κ1) is 10.6. The Morgan fingerprint density at radius 2 is 2.18 bits per heavy atom. The van der Waals surface area contributed by atoms with Crippen LogP contribution in [0.1, 0.15) is 33.1 Å². The molecule has 3 nitrogen and oxygen atoms in total. The van der Waals surface area contributed by atoms with Gasteiger partial charge in [-0.1, -0.05) is 19.8 Å². The van der Waals surface area contributed by atoms with E-state index < -0.39 is 10.0 Å². The number of unbranched alkanes of at least 4 members (excludes halogenated alkanes) is 2. The molecule has 0 aromatic carbocycles. The maximum absolute atomic E-state index is 10.3. The molecule has 11 heavy (non-hydrogen) atoms. The van der Waals surface area contributed by atoms with Gasteiger partial charge in [0.1, 0.15) is 0 Å². The second-order valence-electron chi connectivity index (χ2n) is 2.37. The fourth-order valence-corrected chi connectivity index (χ4v) is 1.21. The van der Waals surface area contributed by atoms with Crippen LogP contribution in [-0.4, -0.2) is 22.6 Å². The predicted molar refractivity (Wildman–Crippen MR) is 45.8 cm³/mol. The molecule has 0 aromatic rings. The molecule has 0 N–H and O–H groups in total. The standard InChI is InChI=1S/C7H16O3Si/c1-3-4-5-6-9-11-10-7(2)8/h3-6,11H2,1-2H3. The second-order valence-corrected chi connectivity index (χ2v) is 3.30. The first-order valence-electron chi connectivity index (χ1n) is 3.98. The Kier molecular flexibility index (Phi) is 7.50. The first-order valence-corrected chi connectivity index (χ1v) is 5.14. The molecule has 0 spiro atoms. The zero-order chi connectivity index (χ0) is 8.53. The van der Waals surface area contributed by atoms with E-state index in [1.165, 1.54) is 19.8 Å². The molecule has 0 atom stereocenters. The van der Waals surface area contributed by atoms with Gasteiger partial charge in [0.15, 0.2) is 0 Å². The maximum Gasteiger partial charge on any atom is 0.369 e. The van der Waals surface area contributed by atoms with Gasteiger partial charge in [0.05, 0.1) is 0 Å². The van der Waals surface area contributed by atoms with Gasteiger partial charge in [0.2, 0.25) is 0 Å². The summed E-state index contributed by atoms with van der Waals surface area (Å²) in [5.74, 6) is -0.229. The highest BCUT2D eigenvalue weighted by Crippen LogP contribution is 1.93. The molecule has 0 fully saturated rings. The summed E-state index contributed by atoms with van der Waals surface area (Å²) in [6.07, 6.45) is 3.46. The van der Waals surface area contributed by atoms with Crippen molar-refractivity contribution in [2.45, 2.75) is 33.1 Å². The zero-order valence-corrected chi connectivity index (χ0v) is 8.67. The average Bonchev–Trinajstić information content (AvgIpc) is 1.96. The van der Waals surface area contributed by atoms with Gasteiger partial charge in [-0.15, -0.1) is 0 Å². The third-order valence-corrected chi connectivity index (χ3v) is 2.22. The van der Waals surface area contributed by atoms with Gasteiger partial charge in [-0.25, -0.2) is 0 Å². The van der Waals surface area contributed by atoms with Crippen LogP contribution in [-0.2, 0) is 13.6 Å². The topological polar surface area (TPSA) is 35.5 Å². The Morgan fingerprint density at radius 1 is 1.45 bits per heavy atom. The van der Waals surface area contributed by atoms with Crippen LogP contribution in [0.3, 0.4) is 0 Å². The minimum absolute atomic E-state index is 0.229. The van der Waals surface area contributed by atoms with E-state index in [1.807, 2.05) is 0 Å². The van der Waals surface area contributed by atoms with Gasteiger partial charge in [-0.05, 0) is 6.42 Å². The van der Waals surface area contributed by atoms with Crippen molar-refractivity contribution in [3.05, 3.63) is 0 Å². The monoisotopic (exact) mass is 176 g/mol. The van der Waals surface area contributed by atoms with E-state index in [9.17, 15) is 4.79 Å². The fourth-order valence-electron chi connectivity index (χ4n) is 0.638. The number of hydrogen-bond acceptors (Lipinski definition) is 3. The lowest BCUT2D eigenvalue weighted by molar-refractivity contribution is -0.132. The van der Waals surface area contributed by atoms with Gasteiger partial charge >= 0.3 is 10.0 Å². The van der Waals surface area contributed by atoms with E-state index in [0.29, 0.717) is 0 Å². The third kappa shape index (κ3) is 9.65. The summed E-state index contributed by atoms with van der Waals surface area (Å²) in [6.45, 7) is 4.29. The summed E-state index contributed by atoms with van der Waals surface area (Å²) < 4.78 is 9.84. The molecule has 0 aliphatic rings. The molecule has 0 rings (SSSR count). The van der Waals surface area contributed by atoms with Crippen molar-refractivity contribution >= 4 is 16.0 Å². The predicted octanol–water partition coefficient (Wildman–Crippen LogP) is 0.755. The van der Waals surface area contributed by atoms with E-state index in [2.05, 4.69) is 6.92 Å². The molecule has 66 valence electrons. The van der Waals surface area contributed by atoms with E-state index in [1.54, 1.807) is 0 Å². The molecule has 4 heteroatoms. The van der Waals surface area contributed by atoms with Crippen molar-refractivity contribution < 1.29 is 13.6 Å². The molecule has 0 bridgehead atoms. The van der Waals surface area contributed by atoms with Gasteiger partial charge < -0.3 is 8.85 Å². The molecule has 0 aliphatic heterocycles. The molecule has 0 aromatic heterocycles. The molecule has 0 saturated heterocycles. The third-order valence-electron chi connectivity index (χ3n) is 1.24. The minimum atomic E-state index is -1.01. The molecule has 0 heterocycles. The Labute approximate surface area is 70.1 Å². The van der Waals surface area contributed by atoms with E-state index in [-0.39, 0.29) is 5.97 Å². The van der Waals surface area contributed by atoms with Crippen LogP contribution in [0.5, 0.6) is 0 Å². The van der Waals surface area contributed by atoms with Crippen LogP contribution in [0.15, 0.2) is 0 Å². The Morgan fingerprint density at radius 3 is 2.73 bits per heavy atom. The molecule has 0 radical (unpaired) electrons. The van der Waals surface area contributed by atoms with Crippen molar-refractivity contribution in [3.8, 4) is 0 Å². The lowest BCUT2D eigenvalue weighted by Crippen LogP contribution is -2.09. The molecule has 0 amide bonds. The van der Waals surface area contributed by atoms with Crippen molar-refractivity contribution in [1.82, 2.24) is 0 Å². The molecule has 0 unspecified atom stereocenters. The highest BCUT2D eigenvalue weighted by atomic mass is 28.3. The lowest BCUT2D eigenvalue weighted by Gasteiger charge is -2.02. The fraction of sp³-hybridized carbons (Fsp3) is 0.857. The summed E-state index contributed by atoms with van der Waals surface area (Å²) in [5, 5.41) is 0. The SMILES string of the molecule is CCCCCO[SiH2]OC(C)=O. The summed E-state index contributed by atoms with van der Waals surface area (Å²) in [7, 11) is -1.01. The molecule has 0 saturated carbocycles. The van der Waals surface area contributed by atoms with Crippen LogP contribution in [0, 0.1) is 0 Å². The van der Waals surface area contributed by atoms with Gasteiger partial charge in [-0.3, -0.25) is 4.79 Å². The molecule has 0 aliphatic carbocycles. The minimum Gasteiger partial charge on any atom is -0.499 e. The highest BCUT2D eigenvalue weighted by Gasteiger charge is 1.92. The highest BCUT2D eigenvalue weighted by molar-refractivity contribution is 6.22. The van der Waals surface area contributed by atoms with Crippen LogP contribution < -0.4 is 0 Å². The summed E-state index contributed by atoms with van der Waals surface area (Å²) in [6, 6.07) is 0. The number of carbonyl (C=O) groups excluding carboxylic acids is 1. The molecular weight excluding hydrogens is 160 g/mol. The largest absolute Gasteiger partial charge is 0.499 e. The van der Waals surface area contributed by atoms with Crippen LogP contribution in [0.2, 0.25) is 0 Å². The maximum atomic E-state index is 10.3. The van der Waals surface area contributed by atoms with E-state index in [0.717, 1.165) is 13.0 Å². The van der Waals surface area contributed by atoms with E-state index in [4.69, 9.17) is 8.85 Å². The normalized spacial score (nSPS) is 10.7.